The van der Waals surface area contributed by atoms with E-state index in [1.54, 1.807) is 0 Å². The molecule has 0 radical (unpaired) electrons. The maximum Gasteiger partial charge on any atom is 0.313 e. The molecule has 1 saturated heterocycles. The molecule has 5 heteroatoms. The molecular weight excluding hydrogens is 326 g/mol. The molecule has 1 atom stereocenters. The second-order valence-corrected chi connectivity index (χ2v) is 7.44. The third-order valence-electron chi connectivity index (χ3n) is 5.32. The van der Waals surface area contributed by atoms with Crippen LogP contribution in [0, 0.1) is 12.3 Å². The minimum Gasteiger partial charge on any atom is -0.466 e. The maximum atomic E-state index is 13.0. The number of nitrogens with zero attached hydrogens (tertiary/aromatic N) is 3. The Bertz CT molecular complexity index is 755. The van der Waals surface area contributed by atoms with Gasteiger partial charge in [0, 0.05) is 31.9 Å². The molecule has 1 aromatic heterocycles. The van der Waals surface area contributed by atoms with Gasteiger partial charge >= 0.3 is 5.97 Å². The van der Waals surface area contributed by atoms with Gasteiger partial charge in [-0.15, -0.1) is 0 Å². The van der Waals surface area contributed by atoms with Crippen molar-refractivity contribution in [1.82, 2.24) is 14.7 Å². The highest BCUT2D eigenvalue weighted by Gasteiger charge is 2.43. The van der Waals surface area contributed by atoms with Crippen LogP contribution in [0.4, 0.5) is 0 Å². The topological polar surface area (TPSA) is 47.4 Å². The predicted molar refractivity (Wildman–Crippen MR) is 102 cm³/mol. The van der Waals surface area contributed by atoms with E-state index in [2.05, 4.69) is 35.1 Å². The number of likely N-dealkylation sites (tertiary alicyclic amines) is 1. The van der Waals surface area contributed by atoms with E-state index < -0.39 is 5.41 Å². The van der Waals surface area contributed by atoms with Crippen molar-refractivity contribution in [3.63, 3.8) is 0 Å². The van der Waals surface area contributed by atoms with Gasteiger partial charge in [-0.25, -0.2) is 0 Å². The fourth-order valence-electron chi connectivity index (χ4n) is 4.01. The number of benzene rings is 1. The lowest BCUT2D eigenvalue weighted by Crippen LogP contribution is -2.49. The summed E-state index contributed by atoms with van der Waals surface area (Å²) >= 11 is 0. The lowest BCUT2D eigenvalue weighted by molar-refractivity contribution is -0.159. The monoisotopic (exact) mass is 355 g/mol. The van der Waals surface area contributed by atoms with E-state index in [0.29, 0.717) is 6.61 Å². The Balaban J connectivity index is 1.82. The molecule has 0 amide bonds. The largest absolute Gasteiger partial charge is 0.466 e. The van der Waals surface area contributed by atoms with Crippen LogP contribution in [-0.4, -0.2) is 40.3 Å². The van der Waals surface area contributed by atoms with Gasteiger partial charge in [0.05, 0.1) is 18.2 Å². The molecule has 2 heterocycles. The van der Waals surface area contributed by atoms with E-state index in [-0.39, 0.29) is 5.97 Å². The number of rotatable bonds is 6. The van der Waals surface area contributed by atoms with E-state index in [4.69, 9.17) is 4.74 Å². The van der Waals surface area contributed by atoms with Crippen molar-refractivity contribution in [3.8, 4) is 0 Å². The molecular formula is C21H29N3O2. The molecule has 0 saturated carbocycles. The summed E-state index contributed by atoms with van der Waals surface area (Å²) in [6, 6.07) is 8.35. The van der Waals surface area contributed by atoms with Crippen LogP contribution < -0.4 is 0 Å². The summed E-state index contributed by atoms with van der Waals surface area (Å²) in [5, 5.41) is 4.26. The van der Waals surface area contributed by atoms with E-state index in [1.807, 2.05) is 37.1 Å². The third-order valence-corrected chi connectivity index (χ3v) is 5.32. The number of carbonyl (C=O) groups is 1. The molecule has 2 aromatic rings. The van der Waals surface area contributed by atoms with Crippen LogP contribution in [0.25, 0.3) is 0 Å². The molecule has 0 bridgehead atoms. The van der Waals surface area contributed by atoms with Crippen LogP contribution in [0.15, 0.2) is 36.7 Å². The summed E-state index contributed by atoms with van der Waals surface area (Å²) in [6.07, 6.45) is 6.57. The Morgan fingerprint density at radius 2 is 2.15 bits per heavy atom. The molecule has 26 heavy (non-hydrogen) atoms. The number of esters is 1. The van der Waals surface area contributed by atoms with Crippen molar-refractivity contribution in [2.75, 3.05) is 19.7 Å². The zero-order valence-electron chi connectivity index (χ0n) is 16.1. The first kappa shape index (κ1) is 18.6. The maximum absolute atomic E-state index is 13.0. The van der Waals surface area contributed by atoms with Crippen molar-refractivity contribution < 1.29 is 9.53 Å². The number of hydrogen-bond acceptors (Lipinski definition) is 4. The fraction of sp³-hybridized carbons (Fsp3) is 0.524. The Kier molecular flexibility index (Phi) is 5.77. The Hall–Kier alpha value is -2.14. The highest BCUT2D eigenvalue weighted by Crippen LogP contribution is 2.36. The van der Waals surface area contributed by atoms with E-state index in [9.17, 15) is 4.79 Å². The highest BCUT2D eigenvalue weighted by atomic mass is 16.5. The minimum absolute atomic E-state index is 0.0564. The number of hydrogen-bond donors (Lipinski definition) is 0. The van der Waals surface area contributed by atoms with Crippen molar-refractivity contribution in [1.29, 1.82) is 0 Å². The summed E-state index contributed by atoms with van der Waals surface area (Å²) in [6.45, 7) is 6.98. The fourth-order valence-corrected chi connectivity index (χ4v) is 4.01. The lowest BCUT2D eigenvalue weighted by Gasteiger charge is -2.41. The quantitative estimate of drug-likeness (QED) is 0.747. The molecule has 140 valence electrons. The highest BCUT2D eigenvalue weighted by molar-refractivity contribution is 5.78. The second kappa shape index (κ2) is 8.04. The van der Waals surface area contributed by atoms with Crippen molar-refractivity contribution in [3.05, 3.63) is 53.3 Å². The first-order valence-corrected chi connectivity index (χ1v) is 9.44. The summed E-state index contributed by atoms with van der Waals surface area (Å²) in [5.74, 6) is -0.0564. The third kappa shape index (κ3) is 4.15. The van der Waals surface area contributed by atoms with Crippen LogP contribution in [0.5, 0.6) is 0 Å². The number of piperidine rings is 1. The number of ether oxygens (including phenoxy) is 1. The summed E-state index contributed by atoms with van der Waals surface area (Å²) in [4.78, 5) is 15.3. The Morgan fingerprint density at radius 1 is 1.35 bits per heavy atom. The number of aryl methyl sites for hydroxylation is 2. The van der Waals surface area contributed by atoms with E-state index in [1.165, 1.54) is 16.7 Å². The van der Waals surface area contributed by atoms with Crippen molar-refractivity contribution in [2.45, 2.75) is 39.7 Å². The van der Waals surface area contributed by atoms with Gasteiger partial charge in [-0.1, -0.05) is 24.3 Å². The average molecular weight is 355 g/mol. The Labute approximate surface area is 156 Å². The normalized spacial score (nSPS) is 20.9. The van der Waals surface area contributed by atoms with Gasteiger partial charge in [0.15, 0.2) is 0 Å². The van der Waals surface area contributed by atoms with Gasteiger partial charge in [-0.3, -0.25) is 14.4 Å². The van der Waals surface area contributed by atoms with Crippen LogP contribution in [0.3, 0.4) is 0 Å². The van der Waals surface area contributed by atoms with Gasteiger partial charge in [-0.05, 0) is 50.8 Å². The van der Waals surface area contributed by atoms with E-state index >= 15 is 0 Å². The van der Waals surface area contributed by atoms with Crippen LogP contribution >= 0.6 is 0 Å². The molecule has 0 aliphatic carbocycles. The molecule has 5 nitrogen and oxygen atoms in total. The zero-order chi connectivity index (χ0) is 18.6. The van der Waals surface area contributed by atoms with Gasteiger partial charge in [-0.2, -0.15) is 5.10 Å². The van der Waals surface area contributed by atoms with Crippen LogP contribution in [0.1, 0.15) is 36.5 Å². The summed E-state index contributed by atoms with van der Waals surface area (Å²) < 4.78 is 7.34. The molecule has 1 aliphatic rings. The lowest BCUT2D eigenvalue weighted by atomic mass is 9.74. The standard InChI is InChI=1S/C21H29N3O2/c1-4-26-20(25)21(12-19-9-6-5-8-17(19)2)10-7-11-24(16-21)15-18-13-22-23(3)14-18/h5-6,8-9,13-14H,4,7,10-12,15-16H2,1-3H3/t21-/m1/s1. The van der Waals surface area contributed by atoms with Crippen LogP contribution in [0.2, 0.25) is 0 Å². The van der Waals surface area contributed by atoms with Crippen molar-refractivity contribution in [2.24, 2.45) is 12.5 Å². The molecule has 0 N–H and O–H groups in total. The first-order chi connectivity index (χ1) is 12.5. The molecule has 0 spiro atoms. The zero-order valence-corrected chi connectivity index (χ0v) is 16.1. The van der Waals surface area contributed by atoms with Gasteiger partial charge in [0.1, 0.15) is 0 Å². The minimum atomic E-state index is -0.470. The predicted octanol–water partition coefficient (Wildman–Crippen LogP) is 3.12. The second-order valence-electron chi connectivity index (χ2n) is 7.44. The summed E-state index contributed by atoms with van der Waals surface area (Å²) in [5.41, 5.74) is 3.19. The van der Waals surface area contributed by atoms with Gasteiger partial charge in [0.25, 0.3) is 0 Å². The van der Waals surface area contributed by atoms with Gasteiger partial charge in [0.2, 0.25) is 0 Å². The molecule has 3 rings (SSSR count). The summed E-state index contributed by atoms with van der Waals surface area (Å²) in [7, 11) is 1.93. The van der Waals surface area contributed by atoms with Crippen molar-refractivity contribution >= 4 is 5.97 Å². The molecule has 0 unspecified atom stereocenters. The van der Waals surface area contributed by atoms with Crippen LogP contribution in [-0.2, 0) is 29.5 Å². The Morgan fingerprint density at radius 3 is 2.85 bits per heavy atom. The van der Waals surface area contributed by atoms with E-state index in [0.717, 1.165) is 38.9 Å². The average Bonchev–Trinajstić information content (AvgIpc) is 3.02. The SMILES string of the molecule is CCOC(=O)[C@@]1(Cc2ccccc2C)CCCN(Cc2cnn(C)c2)C1. The van der Waals surface area contributed by atoms with Gasteiger partial charge < -0.3 is 4.74 Å². The molecule has 1 aromatic carbocycles. The smallest absolute Gasteiger partial charge is 0.313 e. The first-order valence-electron chi connectivity index (χ1n) is 9.44. The number of carbonyl (C=O) groups excluding carboxylic acids is 1. The molecule has 1 fully saturated rings. The molecule has 1 aliphatic heterocycles. The number of aromatic nitrogens is 2.